The van der Waals surface area contributed by atoms with Crippen LogP contribution in [-0.2, 0) is 0 Å². The van der Waals surface area contributed by atoms with E-state index in [1.54, 1.807) is 24.3 Å². The van der Waals surface area contributed by atoms with E-state index in [2.05, 4.69) is 9.73 Å². The first-order valence-corrected chi connectivity index (χ1v) is 6.03. The molecule has 0 unspecified atom stereocenters. The van der Waals surface area contributed by atoms with Crippen LogP contribution in [0.5, 0.6) is 11.5 Å². The fourth-order valence-electron chi connectivity index (χ4n) is 1.68. The summed E-state index contributed by atoms with van der Waals surface area (Å²) < 4.78 is 40.7. The molecule has 0 heterocycles. The van der Waals surface area contributed by atoms with Crippen LogP contribution in [0.1, 0.15) is 11.1 Å². The molecule has 0 radical (unpaired) electrons. The lowest BCUT2D eigenvalue weighted by atomic mass is 10.1. The molecule has 3 nitrogen and oxygen atoms in total. The average Bonchev–Trinajstić information content (AvgIpc) is 2.37. The molecule has 0 fully saturated rings. The highest BCUT2D eigenvalue weighted by Gasteiger charge is 2.31. The second-order valence-corrected chi connectivity index (χ2v) is 4.34. The number of hydrogen-bond donors (Lipinski definition) is 1. The van der Waals surface area contributed by atoms with Crippen LogP contribution < -0.4 is 4.74 Å². The number of benzene rings is 2. The van der Waals surface area contributed by atoms with Crippen LogP contribution >= 0.6 is 0 Å². The van der Waals surface area contributed by atoms with Gasteiger partial charge in [0.15, 0.2) is 5.75 Å². The van der Waals surface area contributed by atoms with E-state index < -0.39 is 12.1 Å². The number of hydrogen-bond acceptors (Lipinski definition) is 3. The van der Waals surface area contributed by atoms with Crippen molar-refractivity contribution in [2.24, 2.45) is 4.99 Å². The van der Waals surface area contributed by atoms with Crippen molar-refractivity contribution in [3.63, 3.8) is 0 Å². The number of halogens is 3. The summed E-state index contributed by atoms with van der Waals surface area (Å²) in [6.45, 7) is 1.81. The van der Waals surface area contributed by atoms with E-state index in [-0.39, 0.29) is 11.4 Å². The number of phenolic OH excluding ortho intramolecular Hbond substituents is 1. The Morgan fingerprint density at radius 1 is 1.14 bits per heavy atom. The molecule has 2 aromatic carbocycles. The van der Waals surface area contributed by atoms with Gasteiger partial charge in [-0.3, -0.25) is 4.99 Å². The van der Waals surface area contributed by atoms with Gasteiger partial charge in [0.1, 0.15) is 11.4 Å². The maximum Gasteiger partial charge on any atom is 0.573 e. The van der Waals surface area contributed by atoms with Crippen LogP contribution in [0, 0.1) is 6.92 Å². The molecule has 0 saturated carbocycles. The Morgan fingerprint density at radius 2 is 1.86 bits per heavy atom. The zero-order valence-electron chi connectivity index (χ0n) is 11.1. The molecule has 0 aliphatic heterocycles. The van der Waals surface area contributed by atoms with E-state index in [0.29, 0.717) is 5.56 Å². The summed E-state index contributed by atoms with van der Waals surface area (Å²) in [5.41, 5.74) is 1.29. The van der Waals surface area contributed by atoms with Crippen LogP contribution in [0.2, 0.25) is 0 Å². The first-order valence-electron chi connectivity index (χ1n) is 6.03. The monoisotopic (exact) mass is 295 g/mol. The fraction of sp³-hybridized carbons (Fsp3) is 0.133. The topological polar surface area (TPSA) is 41.8 Å². The Balaban J connectivity index is 2.29. The molecule has 2 aromatic rings. The Labute approximate surface area is 119 Å². The first kappa shape index (κ1) is 14.9. The second kappa shape index (κ2) is 5.87. The summed E-state index contributed by atoms with van der Waals surface area (Å²) in [5, 5.41) is 9.72. The van der Waals surface area contributed by atoms with E-state index in [4.69, 9.17) is 0 Å². The first-order chi connectivity index (χ1) is 9.85. The van der Waals surface area contributed by atoms with Gasteiger partial charge in [-0.1, -0.05) is 18.2 Å². The number of ether oxygens (including phenoxy) is 1. The van der Waals surface area contributed by atoms with E-state index in [1.165, 1.54) is 24.4 Å². The Kier molecular flexibility index (Phi) is 4.16. The van der Waals surface area contributed by atoms with Crippen LogP contribution in [0.4, 0.5) is 18.9 Å². The van der Waals surface area contributed by atoms with E-state index >= 15 is 0 Å². The molecule has 6 heteroatoms. The van der Waals surface area contributed by atoms with Crippen molar-refractivity contribution < 1.29 is 23.0 Å². The largest absolute Gasteiger partial charge is 0.573 e. The van der Waals surface area contributed by atoms with Gasteiger partial charge in [-0.05, 0) is 36.8 Å². The molecule has 0 aliphatic carbocycles. The molecule has 0 atom stereocenters. The number of nitrogens with zero attached hydrogens (tertiary/aromatic N) is 1. The van der Waals surface area contributed by atoms with Crippen molar-refractivity contribution in [3.05, 3.63) is 53.6 Å². The standard InChI is InChI=1S/C15H12F3NO2/c1-10-6-7-11(13(20)8-10)9-19-12-4-2-3-5-14(12)21-15(16,17)18/h2-9,20H,1H3. The van der Waals surface area contributed by atoms with Crippen molar-refractivity contribution in [1.29, 1.82) is 0 Å². The van der Waals surface area contributed by atoms with E-state index in [0.717, 1.165) is 5.56 Å². The summed E-state index contributed by atoms with van der Waals surface area (Å²) >= 11 is 0. The minimum atomic E-state index is -4.78. The summed E-state index contributed by atoms with van der Waals surface area (Å²) in [6.07, 6.45) is -3.50. The highest BCUT2D eigenvalue weighted by Crippen LogP contribution is 2.32. The van der Waals surface area contributed by atoms with E-state index in [1.807, 2.05) is 6.92 Å². The molecule has 1 N–H and O–H groups in total. The molecule has 21 heavy (non-hydrogen) atoms. The Hall–Kier alpha value is -2.50. The average molecular weight is 295 g/mol. The van der Waals surface area contributed by atoms with E-state index in [9.17, 15) is 18.3 Å². The summed E-state index contributed by atoms with van der Waals surface area (Å²) in [6, 6.07) is 10.5. The predicted octanol–water partition coefficient (Wildman–Crippen LogP) is 4.35. The van der Waals surface area contributed by atoms with Crippen LogP contribution in [0.25, 0.3) is 0 Å². The zero-order valence-corrected chi connectivity index (χ0v) is 11.1. The zero-order chi connectivity index (χ0) is 15.5. The second-order valence-electron chi connectivity index (χ2n) is 4.34. The number of para-hydroxylation sites is 2. The van der Waals surface area contributed by atoms with Gasteiger partial charge in [0.05, 0.1) is 0 Å². The number of phenols is 1. The number of aryl methyl sites for hydroxylation is 1. The third-order valence-corrected chi connectivity index (χ3v) is 2.62. The molecular formula is C15H12F3NO2. The molecular weight excluding hydrogens is 283 g/mol. The van der Waals surface area contributed by atoms with Crippen molar-refractivity contribution in [1.82, 2.24) is 0 Å². The van der Waals surface area contributed by atoms with Crippen molar-refractivity contribution in [3.8, 4) is 11.5 Å². The quantitative estimate of drug-likeness (QED) is 0.855. The minimum Gasteiger partial charge on any atom is -0.507 e. The maximum atomic E-state index is 12.3. The number of aromatic hydroxyl groups is 1. The molecule has 2 rings (SSSR count). The number of rotatable bonds is 3. The lowest BCUT2D eigenvalue weighted by Crippen LogP contribution is -2.17. The lowest BCUT2D eigenvalue weighted by Gasteiger charge is -2.10. The van der Waals surface area contributed by atoms with Gasteiger partial charge in [0.2, 0.25) is 0 Å². The third kappa shape index (κ3) is 4.24. The van der Waals surface area contributed by atoms with Gasteiger partial charge < -0.3 is 9.84 Å². The van der Waals surface area contributed by atoms with Gasteiger partial charge in [0, 0.05) is 11.8 Å². The van der Waals surface area contributed by atoms with Gasteiger partial charge in [-0.25, -0.2) is 0 Å². The van der Waals surface area contributed by atoms with Crippen molar-refractivity contribution in [2.75, 3.05) is 0 Å². The molecule has 0 aliphatic rings. The smallest absolute Gasteiger partial charge is 0.507 e. The molecule has 0 aromatic heterocycles. The highest BCUT2D eigenvalue weighted by molar-refractivity contribution is 5.86. The van der Waals surface area contributed by atoms with Crippen LogP contribution in [-0.4, -0.2) is 17.7 Å². The summed E-state index contributed by atoms with van der Waals surface area (Å²) in [4.78, 5) is 3.94. The highest BCUT2D eigenvalue weighted by atomic mass is 19.4. The number of aliphatic imine (C=N–C) groups is 1. The molecule has 0 amide bonds. The van der Waals surface area contributed by atoms with Crippen molar-refractivity contribution in [2.45, 2.75) is 13.3 Å². The normalized spacial score (nSPS) is 11.8. The molecule has 110 valence electrons. The fourth-order valence-corrected chi connectivity index (χ4v) is 1.68. The van der Waals surface area contributed by atoms with Gasteiger partial charge in [0.25, 0.3) is 0 Å². The van der Waals surface area contributed by atoms with Crippen LogP contribution in [0.15, 0.2) is 47.5 Å². The minimum absolute atomic E-state index is 0.00738. The van der Waals surface area contributed by atoms with Gasteiger partial charge >= 0.3 is 6.36 Å². The van der Waals surface area contributed by atoms with Crippen molar-refractivity contribution >= 4 is 11.9 Å². The van der Waals surface area contributed by atoms with Gasteiger partial charge in [-0.15, -0.1) is 13.2 Å². The Morgan fingerprint density at radius 3 is 2.52 bits per heavy atom. The maximum absolute atomic E-state index is 12.3. The predicted molar refractivity (Wildman–Crippen MR) is 73.2 cm³/mol. The summed E-state index contributed by atoms with van der Waals surface area (Å²) in [5.74, 6) is -0.388. The molecule has 0 spiro atoms. The SMILES string of the molecule is Cc1ccc(C=Nc2ccccc2OC(F)(F)F)c(O)c1. The van der Waals surface area contributed by atoms with Gasteiger partial charge in [-0.2, -0.15) is 0 Å². The third-order valence-electron chi connectivity index (χ3n) is 2.62. The lowest BCUT2D eigenvalue weighted by molar-refractivity contribution is -0.274. The number of alkyl halides is 3. The Bertz CT molecular complexity index is 666. The molecule has 0 saturated heterocycles. The summed E-state index contributed by atoms with van der Waals surface area (Å²) in [7, 11) is 0. The van der Waals surface area contributed by atoms with Crippen LogP contribution in [0.3, 0.4) is 0 Å². The molecule has 0 bridgehead atoms.